The summed E-state index contributed by atoms with van der Waals surface area (Å²) in [6.07, 6.45) is 6.89. The molecule has 0 fully saturated rings. The molecule has 0 spiro atoms. The molecular formula is C19H28O2. The van der Waals surface area contributed by atoms with E-state index in [0.29, 0.717) is 18.1 Å². The first kappa shape index (κ1) is 17.5. The molecule has 0 bridgehead atoms. The summed E-state index contributed by atoms with van der Waals surface area (Å²) in [4.78, 5) is 11.4. The number of carbonyl (C=O) groups excluding carboxylic acids is 1. The normalized spacial score (nSPS) is 11.9. The topological polar surface area (TPSA) is 26.3 Å². The molecule has 0 N–H and O–H groups in total. The Labute approximate surface area is 129 Å². The van der Waals surface area contributed by atoms with Crippen LogP contribution in [0.15, 0.2) is 42.5 Å². The molecule has 0 saturated carbocycles. The van der Waals surface area contributed by atoms with Crippen molar-refractivity contribution in [3.63, 3.8) is 0 Å². The van der Waals surface area contributed by atoms with Gasteiger partial charge in [-0.1, -0.05) is 63.1 Å². The van der Waals surface area contributed by atoms with E-state index in [2.05, 4.69) is 43.8 Å². The Kier molecular flexibility index (Phi) is 8.49. The summed E-state index contributed by atoms with van der Waals surface area (Å²) in [7, 11) is 0. The molecule has 2 heteroatoms. The van der Waals surface area contributed by atoms with E-state index in [4.69, 9.17) is 4.74 Å². The summed E-state index contributed by atoms with van der Waals surface area (Å²) < 4.78 is 5.23. The van der Waals surface area contributed by atoms with Gasteiger partial charge < -0.3 is 4.74 Å². The van der Waals surface area contributed by atoms with Crippen LogP contribution in [0.4, 0.5) is 0 Å². The van der Waals surface area contributed by atoms with Crippen molar-refractivity contribution in [1.82, 2.24) is 0 Å². The van der Waals surface area contributed by atoms with Crippen LogP contribution in [-0.4, -0.2) is 12.6 Å². The van der Waals surface area contributed by atoms with Crippen molar-refractivity contribution in [2.24, 2.45) is 5.92 Å². The fourth-order valence-corrected chi connectivity index (χ4v) is 2.38. The summed E-state index contributed by atoms with van der Waals surface area (Å²) in [5.41, 5.74) is 1.86. The van der Waals surface area contributed by atoms with E-state index in [0.717, 1.165) is 19.3 Å². The van der Waals surface area contributed by atoms with Crippen LogP contribution in [0.2, 0.25) is 0 Å². The summed E-state index contributed by atoms with van der Waals surface area (Å²) in [5, 5.41) is 0. The Morgan fingerprint density at radius 3 is 2.52 bits per heavy atom. The minimum Gasteiger partial charge on any atom is -0.462 e. The van der Waals surface area contributed by atoms with E-state index in [1.54, 1.807) is 6.92 Å². The van der Waals surface area contributed by atoms with Gasteiger partial charge in [-0.3, -0.25) is 0 Å². The zero-order chi connectivity index (χ0) is 15.5. The lowest BCUT2D eigenvalue weighted by Crippen LogP contribution is -2.11. The average Bonchev–Trinajstić information content (AvgIpc) is 2.50. The van der Waals surface area contributed by atoms with Crippen molar-refractivity contribution >= 4 is 5.97 Å². The van der Waals surface area contributed by atoms with E-state index in [9.17, 15) is 4.79 Å². The first-order chi connectivity index (χ1) is 10.1. The highest BCUT2D eigenvalue weighted by Crippen LogP contribution is 2.20. The number of benzene rings is 1. The molecule has 0 radical (unpaired) electrons. The summed E-state index contributed by atoms with van der Waals surface area (Å²) in [6.45, 7) is 8.02. The van der Waals surface area contributed by atoms with Crippen molar-refractivity contribution < 1.29 is 9.53 Å². The number of aryl methyl sites for hydroxylation is 1. The van der Waals surface area contributed by atoms with Crippen molar-refractivity contribution in [2.45, 2.75) is 52.4 Å². The van der Waals surface area contributed by atoms with E-state index >= 15 is 0 Å². The number of unbranched alkanes of at least 4 members (excludes halogenated alkanes) is 1. The van der Waals surface area contributed by atoms with Gasteiger partial charge in [-0.05, 0) is 37.7 Å². The second-order valence-corrected chi connectivity index (χ2v) is 5.74. The molecule has 116 valence electrons. The van der Waals surface area contributed by atoms with Crippen molar-refractivity contribution in [3.05, 3.63) is 48.0 Å². The van der Waals surface area contributed by atoms with E-state index in [1.165, 1.54) is 24.8 Å². The van der Waals surface area contributed by atoms with Crippen LogP contribution in [0.5, 0.6) is 0 Å². The van der Waals surface area contributed by atoms with Crippen LogP contribution in [0, 0.1) is 5.92 Å². The third-order valence-electron chi connectivity index (χ3n) is 3.76. The number of ether oxygens (including phenoxy) is 1. The van der Waals surface area contributed by atoms with Gasteiger partial charge in [0.05, 0.1) is 6.61 Å². The van der Waals surface area contributed by atoms with Crippen LogP contribution in [0.3, 0.4) is 0 Å². The Bertz CT molecular complexity index is 422. The van der Waals surface area contributed by atoms with Gasteiger partial charge in [0.1, 0.15) is 0 Å². The van der Waals surface area contributed by atoms with Crippen LogP contribution < -0.4 is 0 Å². The SMILES string of the molecule is C=C(C)C(=O)OCCC(CCCC)CCc1ccccc1. The van der Waals surface area contributed by atoms with Crippen molar-refractivity contribution in [2.75, 3.05) is 6.61 Å². The van der Waals surface area contributed by atoms with Gasteiger partial charge in [-0.15, -0.1) is 0 Å². The molecule has 1 unspecified atom stereocenters. The molecule has 21 heavy (non-hydrogen) atoms. The van der Waals surface area contributed by atoms with Gasteiger partial charge in [0.15, 0.2) is 0 Å². The third kappa shape index (κ3) is 7.69. The standard InChI is InChI=1S/C19H28O2/c1-4-5-9-18(14-15-21-19(20)16(2)3)13-12-17-10-7-6-8-11-17/h6-8,10-11,18H,2,4-5,9,12-15H2,1,3H3. The molecule has 1 rings (SSSR count). The fraction of sp³-hybridized carbons (Fsp3) is 0.526. The zero-order valence-electron chi connectivity index (χ0n) is 13.4. The first-order valence-electron chi connectivity index (χ1n) is 8.00. The smallest absolute Gasteiger partial charge is 0.333 e. The summed E-state index contributed by atoms with van der Waals surface area (Å²) in [6, 6.07) is 10.6. The van der Waals surface area contributed by atoms with E-state index in [-0.39, 0.29) is 5.97 Å². The quantitative estimate of drug-likeness (QED) is 0.450. The molecule has 0 aliphatic carbocycles. The predicted octanol–water partition coefficient (Wildman–Crippen LogP) is 4.94. The second-order valence-electron chi connectivity index (χ2n) is 5.74. The van der Waals surface area contributed by atoms with Gasteiger partial charge in [-0.25, -0.2) is 4.79 Å². The minimum atomic E-state index is -0.271. The molecule has 1 atom stereocenters. The molecule has 0 amide bonds. The van der Waals surface area contributed by atoms with Gasteiger partial charge in [0.2, 0.25) is 0 Å². The molecule has 0 saturated heterocycles. The number of carbonyl (C=O) groups is 1. The van der Waals surface area contributed by atoms with Gasteiger partial charge >= 0.3 is 5.97 Å². The average molecular weight is 288 g/mol. The summed E-state index contributed by atoms with van der Waals surface area (Å²) >= 11 is 0. The molecule has 1 aromatic carbocycles. The Morgan fingerprint density at radius 1 is 1.19 bits per heavy atom. The maximum absolute atomic E-state index is 11.4. The summed E-state index contributed by atoms with van der Waals surface area (Å²) in [5.74, 6) is 0.357. The van der Waals surface area contributed by atoms with Crippen LogP contribution in [0.25, 0.3) is 0 Å². The maximum Gasteiger partial charge on any atom is 0.333 e. The lowest BCUT2D eigenvalue weighted by atomic mass is 9.92. The molecule has 0 aromatic heterocycles. The van der Waals surface area contributed by atoms with Gasteiger partial charge in [0, 0.05) is 5.57 Å². The van der Waals surface area contributed by atoms with Gasteiger partial charge in [0.25, 0.3) is 0 Å². The lowest BCUT2D eigenvalue weighted by molar-refractivity contribution is -0.139. The highest BCUT2D eigenvalue weighted by atomic mass is 16.5. The second kappa shape index (κ2) is 10.2. The number of hydrogen-bond donors (Lipinski definition) is 0. The number of hydrogen-bond acceptors (Lipinski definition) is 2. The Morgan fingerprint density at radius 2 is 1.90 bits per heavy atom. The molecule has 2 nitrogen and oxygen atoms in total. The minimum absolute atomic E-state index is 0.271. The maximum atomic E-state index is 11.4. The van der Waals surface area contributed by atoms with E-state index < -0.39 is 0 Å². The first-order valence-corrected chi connectivity index (χ1v) is 8.00. The van der Waals surface area contributed by atoms with Gasteiger partial charge in [-0.2, -0.15) is 0 Å². The predicted molar refractivity (Wildman–Crippen MR) is 88.2 cm³/mol. The molecule has 0 aliphatic heterocycles. The zero-order valence-corrected chi connectivity index (χ0v) is 13.4. The monoisotopic (exact) mass is 288 g/mol. The van der Waals surface area contributed by atoms with Crippen molar-refractivity contribution in [1.29, 1.82) is 0 Å². The highest BCUT2D eigenvalue weighted by Gasteiger charge is 2.11. The Balaban J connectivity index is 2.36. The number of rotatable bonds is 10. The third-order valence-corrected chi connectivity index (χ3v) is 3.76. The number of esters is 1. The van der Waals surface area contributed by atoms with Crippen LogP contribution in [-0.2, 0) is 16.0 Å². The largest absolute Gasteiger partial charge is 0.462 e. The molecule has 1 aromatic rings. The Hall–Kier alpha value is -1.57. The molecule has 0 heterocycles. The highest BCUT2D eigenvalue weighted by molar-refractivity contribution is 5.86. The molecular weight excluding hydrogens is 260 g/mol. The van der Waals surface area contributed by atoms with E-state index in [1.807, 2.05) is 0 Å². The molecule has 0 aliphatic rings. The van der Waals surface area contributed by atoms with Crippen LogP contribution in [0.1, 0.15) is 51.5 Å². The lowest BCUT2D eigenvalue weighted by Gasteiger charge is -2.16. The van der Waals surface area contributed by atoms with Crippen LogP contribution >= 0.6 is 0 Å². The fourth-order valence-electron chi connectivity index (χ4n) is 2.38. The van der Waals surface area contributed by atoms with Crippen molar-refractivity contribution in [3.8, 4) is 0 Å².